The van der Waals surface area contributed by atoms with E-state index in [1.54, 1.807) is 25.2 Å². The van der Waals surface area contributed by atoms with Gasteiger partial charge in [0.25, 0.3) is 0 Å². The second-order valence-electron chi connectivity index (χ2n) is 9.33. The molecule has 1 unspecified atom stereocenters. The number of ether oxygens (including phenoxy) is 1. The highest BCUT2D eigenvalue weighted by Gasteiger charge is 2.24. The fraction of sp³-hybridized carbons (Fsp3) is 0.464. The number of hydrogen-bond donors (Lipinski definition) is 1. The van der Waals surface area contributed by atoms with Crippen LogP contribution in [0.25, 0.3) is 0 Å². The van der Waals surface area contributed by atoms with Gasteiger partial charge >= 0.3 is 0 Å². The summed E-state index contributed by atoms with van der Waals surface area (Å²) in [5.74, 6) is 0.464. The fourth-order valence-corrected chi connectivity index (χ4v) is 5.14. The molecule has 8 nitrogen and oxygen atoms in total. The Hall–Kier alpha value is -2.65. The number of carbonyl (C=O) groups excluding carboxylic acids is 3. The van der Waals surface area contributed by atoms with Crippen LogP contribution in [0, 0.1) is 0 Å². The first-order valence-electron chi connectivity index (χ1n) is 12.9. The molecule has 0 bridgehead atoms. The van der Waals surface area contributed by atoms with E-state index < -0.39 is 6.04 Å². The summed E-state index contributed by atoms with van der Waals surface area (Å²) < 4.78 is 6.13. The maximum absolute atomic E-state index is 12.4. The minimum Gasteiger partial charge on any atom is -0.493 e. The predicted octanol–water partition coefficient (Wildman–Crippen LogP) is 3.92. The van der Waals surface area contributed by atoms with Crippen LogP contribution in [0.15, 0.2) is 36.4 Å². The van der Waals surface area contributed by atoms with Gasteiger partial charge in [-0.1, -0.05) is 41.4 Å². The molecule has 1 aliphatic rings. The van der Waals surface area contributed by atoms with Gasteiger partial charge in [0.1, 0.15) is 12.0 Å². The van der Waals surface area contributed by atoms with E-state index in [0.29, 0.717) is 40.9 Å². The molecule has 1 aliphatic heterocycles. The Morgan fingerprint density at radius 3 is 2.55 bits per heavy atom. The molecule has 0 spiro atoms. The van der Waals surface area contributed by atoms with Gasteiger partial charge in [-0.05, 0) is 38.1 Å². The van der Waals surface area contributed by atoms with Crippen molar-refractivity contribution in [2.24, 2.45) is 0 Å². The summed E-state index contributed by atoms with van der Waals surface area (Å²) in [6, 6.07) is 10.6. The summed E-state index contributed by atoms with van der Waals surface area (Å²) in [7, 11) is 3.39. The summed E-state index contributed by atoms with van der Waals surface area (Å²) >= 11 is 12.6. The van der Waals surface area contributed by atoms with E-state index in [2.05, 4.69) is 15.1 Å². The summed E-state index contributed by atoms with van der Waals surface area (Å²) in [6.07, 6.45) is 3.13. The van der Waals surface area contributed by atoms with Gasteiger partial charge in [0.15, 0.2) is 6.29 Å². The molecule has 1 atom stereocenters. The van der Waals surface area contributed by atoms with Crippen molar-refractivity contribution in [1.82, 2.24) is 15.1 Å². The van der Waals surface area contributed by atoms with E-state index in [1.165, 1.54) is 0 Å². The Balaban J connectivity index is 1.54. The van der Waals surface area contributed by atoms with Crippen molar-refractivity contribution in [2.75, 3.05) is 58.3 Å². The molecule has 10 heteroatoms. The SMILES string of the molecule is CNC(=O)C(CCC=O)N(C)Cc1c(C=O)cccc1OCCCN1CCN(c2cccc(Cl)c2Cl)CC1. The van der Waals surface area contributed by atoms with Crippen molar-refractivity contribution in [3.8, 4) is 5.75 Å². The second kappa shape index (κ2) is 15.1. The third-order valence-electron chi connectivity index (χ3n) is 6.86. The molecule has 0 radical (unpaired) electrons. The van der Waals surface area contributed by atoms with E-state index in [-0.39, 0.29) is 12.3 Å². The van der Waals surface area contributed by atoms with Crippen molar-refractivity contribution in [3.63, 3.8) is 0 Å². The Bertz CT molecular complexity index is 1090. The van der Waals surface area contributed by atoms with Gasteiger partial charge in [-0.15, -0.1) is 0 Å². The van der Waals surface area contributed by atoms with Crippen LogP contribution in [0.2, 0.25) is 10.0 Å². The number of carbonyl (C=O) groups is 3. The van der Waals surface area contributed by atoms with E-state index in [0.717, 1.165) is 63.0 Å². The summed E-state index contributed by atoms with van der Waals surface area (Å²) in [5.41, 5.74) is 2.23. The first-order valence-corrected chi connectivity index (χ1v) is 13.6. The highest BCUT2D eigenvalue weighted by Crippen LogP contribution is 2.33. The second-order valence-corrected chi connectivity index (χ2v) is 10.1. The average Bonchev–Trinajstić information content (AvgIpc) is 2.93. The van der Waals surface area contributed by atoms with Gasteiger partial charge in [0.05, 0.1) is 28.4 Å². The van der Waals surface area contributed by atoms with Crippen molar-refractivity contribution >= 4 is 47.4 Å². The van der Waals surface area contributed by atoms with Crippen LogP contribution < -0.4 is 15.0 Å². The van der Waals surface area contributed by atoms with Crippen molar-refractivity contribution < 1.29 is 19.1 Å². The number of hydrogen-bond acceptors (Lipinski definition) is 7. The molecule has 0 aromatic heterocycles. The van der Waals surface area contributed by atoms with Gasteiger partial charge in [0.2, 0.25) is 5.91 Å². The monoisotopic (exact) mass is 562 g/mol. The van der Waals surface area contributed by atoms with E-state index >= 15 is 0 Å². The van der Waals surface area contributed by atoms with Crippen LogP contribution in [0.4, 0.5) is 5.69 Å². The highest BCUT2D eigenvalue weighted by atomic mass is 35.5. The summed E-state index contributed by atoms with van der Waals surface area (Å²) in [4.78, 5) is 41.6. The molecule has 1 saturated heterocycles. The predicted molar refractivity (Wildman–Crippen MR) is 152 cm³/mol. The third-order valence-corrected chi connectivity index (χ3v) is 7.67. The van der Waals surface area contributed by atoms with E-state index in [1.807, 2.05) is 30.1 Å². The van der Waals surface area contributed by atoms with Crippen LogP contribution in [-0.4, -0.2) is 87.7 Å². The van der Waals surface area contributed by atoms with Crippen molar-refractivity contribution in [2.45, 2.75) is 31.8 Å². The lowest BCUT2D eigenvalue weighted by Crippen LogP contribution is -2.46. The van der Waals surface area contributed by atoms with Crippen LogP contribution in [0.1, 0.15) is 35.2 Å². The average molecular weight is 564 g/mol. The lowest BCUT2D eigenvalue weighted by Gasteiger charge is -2.36. The molecular formula is C28H36Cl2N4O4. The van der Waals surface area contributed by atoms with Crippen LogP contribution >= 0.6 is 23.2 Å². The number of nitrogens with zero attached hydrogens (tertiary/aromatic N) is 3. The Morgan fingerprint density at radius 1 is 1.13 bits per heavy atom. The number of halogens is 2. The Labute approximate surface area is 234 Å². The third kappa shape index (κ3) is 7.93. The Morgan fingerprint density at radius 2 is 1.87 bits per heavy atom. The van der Waals surface area contributed by atoms with Gasteiger partial charge in [0, 0.05) is 63.9 Å². The fourth-order valence-electron chi connectivity index (χ4n) is 4.72. The molecule has 1 N–H and O–H groups in total. The molecule has 1 heterocycles. The molecule has 38 heavy (non-hydrogen) atoms. The number of aldehydes is 2. The molecule has 2 aromatic rings. The molecule has 3 rings (SSSR count). The normalized spacial score (nSPS) is 14.8. The van der Waals surface area contributed by atoms with Gasteiger partial charge in [-0.25, -0.2) is 0 Å². The highest BCUT2D eigenvalue weighted by molar-refractivity contribution is 6.43. The maximum Gasteiger partial charge on any atom is 0.237 e. The number of rotatable bonds is 14. The molecule has 1 fully saturated rings. The minimum atomic E-state index is -0.488. The standard InChI is InChI=1S/C28H36Cl2N4O4/c1-31-28(37)25(10-5-17-35)32(2)19-22-21(20-36)7-3-11-26(22)38-18-6-12-33-13-15-34(16-14-33)24-9-4-8-23(29)27(24)30/h3-4,7-9,11,17,20,25H,5-6,10,12-16,18-19H2,1-2H3,(H,31,37). The number of nitrogens with one attached hydrogen (secondary N) is 1. The lowest BCUT2D eigenvalue weighted by molar-refractivity contribution is -0.126. The van der Waals surface area contributed by atoms with Gasteiger partial charge < -0.3 is 19.7 Å². The first-order chi connectivity index (χ1) is 18.4. The topological polar surface area (TPSA) is 82.2 Å². The molecule has 206 valence electrons. The quantitative estimate of drug-likeness (QED) is 0.276. The molecule has 0 aliphatic carbocycles. The van der Waals surface area contributed by atoms with E-state index in [9.17, 15) is 14.4 Å². The van der Waals surface area contributed by atoms with E-state index in [4.69, 9.17) is 27.9 Å². The zero-order valence-corrected chi connectivity index (χ0v) is 23.5. The number of benzene rings is 2. The lowest BCUT2D eigenvalue weighted by atomic mass is 10.0. The number of piperazine rings is 1. The number of anilines is 1. The zero-order chi connectivity index (χ0) is 27.5. The first kappa shape index (κ1) is 29.9. The number of amides is 1. The van der Waals surface area contributed by atoms with Crippen LogP contribution in [0.3, 0.4) is 0 Å². The van der Waals surface area contributed by atoms with Crippen molar-refractivity contribution in [1.29, 1.82) is 0 Å². The smallest absolute Gasteiger partial charge is 0.237 e. The molecule has 1 amide bonds. The molecule has 2 aromatic carbocycles. The largest absolute Gasteiger partial charge is 0.493 e. The van der Waals surface area contributed by atoms with Crippen LogP contribution in [0.5, 0.6) is 5.75 Å². The summed E-state index contributed by atoms with van der Waals surface area (Å²) in [6.45, 7) is 5.32. The minimum absolute atomic E-state index is 0.168. The van der Waals surface area contributed by atoms with Gasteiger partial charge in [-0.3, -0.25) is 19.4 Å². The molecular weight excluding hydrogens is 527 g/mol. The zero-order valence-electron chi connectivity index (χ0n) is 22.0. The van der Waals surface area contributed by atoms with Gasteiger partial charge in [-0.2, -0.15) is 0 Å². The van der Waals surface area contributed by atoms with Crippen LogP contribution in [-0.2, 0) is 16.1 Å². The maximum atomic E-state index is 12.4. The Kier molecular flexibility index (Phi) is 11.9. The van der Waals surface area contributed by atoms with Crippen molar-refractivity contribution in [3.05, 3.63) is 57.6 Å². The number of likely N-dealkylation sites (N-methyl/N-ethyl adjacent to an activating group) is 2. The summed E-state index contributed by atoms with van der Waals surface area (Å²) in [5, 5.41) is 3.82. The molecule has 0 saturated carbocycles.